The smallest absolute Gasteiger partial charge is 0.163 e. The summed E-state index contributed by atoms with van der Waals surface area (Å²) < 4.78 is 5.46. The van der Waals surface area contributed by atoms with Crippen LogP contribution in [0.15, 0.2) is 55.0 Å². The second-order valence-corrected chi connectivity index (χ2v) is 15.5. The summed E-state index contributed by atoms with van der Waals surface area (Å²) in [6.45, 7) is 3.04. The van der Waals surface area contributed by atoms with Gasteiger partial charge in [0.2, 0.25) is 0 Å². The lowest BCUT2D eigenvalue weighted by molar-refractivity contribution is -0.903. The number of carbonyl (C=O) groups excluding carboxylic acids is 2. The zero-order valence-corrected chi connectivity index (χ0v) is 28.3. The van der Waals surface area contributed by atoms with Crippen LogP contribution in [-0.4, -0.2) is 46.2 Å². The minimum Gasteiger partial charge on any atom is -0.504 e. The molecule has 10 heteroatoms. The SMILES string of the molecule is CC[C@H]1CCC(=O)CC(=O)/C=C/c2cc(OC)c(O)cc2[C@@H]2/C=C\[C@H]1SS[C@@H](C1([NH+]3C=CNC3)CCCCC1)c1cc2cnc1N. The van der Waals surface area contributed by atoms with Crippen LogP contribution in [0, 0.1) is 5.92 Å². The van der Waals surface area contributed by atoms with Gasteiger partial charge in [-0.05, 0) is 66.1 Å². The van der Waals surface area contributed by atoms with Gasteiger partial charge in [-0.15, -0.1) is 0 Å². The molecule has 0 radical (unpaired) electrons. The molecule has 1 aromatic heterocycles. The van der Waals surface area contributed by atoms with Crippen LogP contribution in [0.1, 0.15) is 98.1 Å². The second-order valence-electron chi connectivity index (χ2n) is 13.0. The number of allylic oxidation sites excluding steroid dienone is 2. The molecule has 1 fully saturated rings. The highest BCUT2D eigenvalue weighted by molar-refractivity contribution is 8.77. The number of pyridine rings is 1. The fourth-order valence-corrected chi connectivity index (χ4v) is 11.6. The quantitative estimate of drug-likeness (QED) is 0.182. The van der Waals surface area contributed by atoms with Gasteiger partial charge in [0.25, 0.3) is 0 Å². The van der Waals surface area contributed by atoms with Crippen molar-refractivity contribution in [1.82, 2.24) is 10.3 Å². The average molecular weight is 662 g/mol. The number of nitrogens with two attached hydrogens (primary N) is 1. The molecule has 0 spiro atoms. The molecule has 46 heavy (non-hydrogen) atoms. The van der Waals surface area contributed by atoms with E-state index in [2.05, 4.69) is 42.9 Å². The molecular weight excluding hydrogens is 617 g/mol. The van der Waals surface area contributed by atoms with Gasteiger partial charge in [-0.2, -0.15) is 0 Å². The standard InChI is InChI=1S/C36H44N4O4S2/c1-3-23-7-9-26(41)19-27(42)10-8-24-18-32(44-2)31(43)20-29(24)28-11-12-33(23)45-46-34(30-17-25(28)21-39-35(30)37)36(13-5-4-6-14-36)40-16-15-38-22-40/h8,10-12,15-18,20-21,23,28,33-34,38,43H,3-7,9,13-14,19,22H2,1-2H3,(H2,37,39)/p+1/b10-8+,12-11-/t23-,28+,33+,34+/m0/s1. The van der Waals surface area contributed by atoms with Crippen molar-refractivity contribution in [2.45, 2.75) is 86.7 Å². The highest BCUT2D eigenvalue weighted by atomic mass is 33.1. The molecule has 8 nitrogen and oxygen atoms in total. The molecule has 244 valence electrons. The Bertz CT molecular complexity index is 1550. The van der Waals surface area contributed by atoms with Gasteiger partial charge in [-0.3, -0.25) is 14.5 Å². The molecule has 5 atom stereocenters. The molecule has 2 aromatic rings. The van der Waals surface area contributed by atoms with E-state index in [0.29, 0.717) is 18.0 Å². The van der Waals surface area contributed by atoms with Crippen LogP contribution in [0.2, 0.25) is 0 Å². The second kappa shape index (κ2) is 14.3. The summed E-state index contributed by atoms with van der Waals surface area (Å²) in [5, 5.41) is 14.7. The van der Waals surface area contributed by atoms with Crippen molar-refractivity contribution in [3.63, 3.8) is 0 Å². The number of hydrogen-bond acceptors (Lipinski definition) is 9. The predicted molar refractivity (Wildman–Crippen MR) is 187 cm³/mol. The number of quaternary nitrogens is 1. The molecular formula is C36H45N4O4S2+. The van der Waals surface area contributed by atoms with E-state index >= 15 is 0 Å². The lowest BCUT2D eigenvalue weighted by Gasteiger charge is -2.45. The summed E-state index contributed by atoms with van der Waals surface area (Å²) in [6.07, 6.45) is 21.7. The first-order chi connectivity index (χ1) is 22.3. The van der Waals surface area contributed by atoms with Crippen LogP contribution in [0.4, 0.5) is 5.82 Å². The molecule has 2 aliphatic carbocycles. The van der Waals surface area contributed by atoms with Crippen LogP contribution >= 0.6 is 21.6 Å². The predicted octanol–water partition coefficient (Wildman–Crippen LogP) is 5.85. The van der Waals surface area contributed by atoms with Gasteiger partial charge < -0.3 is 20.9 Å². The van der Waals surface area contributed by atoms with Crippen LogP contribution in [-0.2, 0) is 9.59 Å². The normalized spacial score (nSPS) is 29.3. The highest BCUT2D eigenvalue weighted by Crippen LogP contribution is 2.54. The number of nitrogen functional groups attached to an aromatic ring is 1. The van der Waals surface area contributed by atoms with E-state index in [1.54, 1.807) is 18.2 Å². The summed E-state index contributed by atoms with van der Waals surface area (Å²) in [5.74, 6) is 0.611. The van der Waals surface area contributed by atoms with E-state index in [4.69, 9.17) is 15.5 Å². The number of rotatable bonds is 4. The number of ketones is 2. The third kappa shape index (κ3) is 6.62. The number of benzene rings is 1. The summed E-state index contributed by atoms with van der Waals surface area (Å²) in [5.41, 5.74) is 10.3. The van der Waals surface area contributed by atoms with Crippen LogP contribution in [0.5, 0.6) is 11.5 Å². The molecule has 5 N–H and O–H groups in total. The Labute approximate surface area is 279 Å². The van der Waals surface area contributed by atoms with E-state index in [0.717, 1.165) is 54.6 Å². The van der Waals surface area contributed by atoms with Crippen molar-refractivity contribution in [2.75, 3.05) is 19.5 Å². The number of aromatic nitrogens is 1. The van der Waals surface area contributed by atoms with E-state index in [9.17, 15) is 14.7 Å². The first-order valence-electron chi connectivity index (χ1n) is 16.5. The van der Waals surface area contributed by atoms with Crippen LogP contribution in [0.25, 0.3) is 6.08 Å². The molecule has 6 rings (SSSR count). The van der Waals surface area contributed by atoms with Crippen molar-refractivity contribution < 1.29 is 24.3 Å². The van der Waals surface area contributed by atoms with Crippen LogP contribution in [0.3, 0.4) is 0 Å². The summed E-state index contributed by atoms with van der Waals surface area (Å²) in [7, 11) is 5.32. The lowest BCUT2D eigenvalue weighted by atomic mass is 9.75. The maximum Gasteiger partial charge on any atom is 0.163 e. The van der Waals surface area contributed by atoms with Gasteiger partial charge in [0.15, 0.2) is 24.0 Å². The van der Waals surface area contributed by atoms with Gasteiger partial charge in [-0.1, -0.05) is 59.6 Å². The van der Waals surface area contributed by atoms with Crippen LogP contribution < -0.4 is 20.7 Å². The maximum atomic E-state index is 13.0. The lowest BCUT2D eigenvalue weighted by Crippen LogP contribution is -3.17. The fourth-order valence-electron chi connectivity index (χ4n) is 7.65. The number of Topliss-reactive ketones (excluding diaryl/α,β-unsaturated/α-hetero) is 1. The number of carbonyl (C=O) groups is 2. The first-order valence-corrected chi connectivity index (χ1v) is 18.8. The Morgan fingerprint density at radius 1 is 1.11 bits per heavy atom. The number of nitrogens with zero attached hydrogens (tertiary/aromatic N) is 1. The molecule has 3 heterocycles. The zero-order chi connectivity index (χ0) is 32.3. The van der Waals surface area contributed by atoms with Crippen molar-refractivity contribution in [3.05, 3.63) is 77.3 Å². The van der Waals surface area contributed by atoms with E-state index in [1.165, 1.54) is 37.3 Å². The fraction of sp³-hybridized carbons (Fsp3) is 0.472. The number of methoxy groups -OCH3 is 1. The van der Waals surface area contributed by atoms with Crippen molar-refractivity contribution in [2.24, 2.45) is 5.92 Å². The molecule has 4 aliphatic rings. The number of fused-ring (bicyclic) bond motifs is 7. The van der Waals surface area contributed by atoms with E-state index < -0.39 is 0 Å². The summed E-state index contributed by atoms with van der Waals surface area (Å²) in [4.78, 5) is 32.1. The Morgan fingerprint density at radius 3 is 2.67 bits per heavy atom. The molecule has 0 saturated heterocycles. The Kier molecular flexibility index (Phi) is 10.2. The van der Waals surface area contributed by atoms with Gasteiger partial charge in [-0.25, -0.2) is 4.98 Å². The topological polar surface area (TPSA) is 119 Å². The highest BCUT2D eigenvalue weighted by Gasteiger charge is 2.51. The average Bonchev–Trinajstić information content (AvgIpc) is 3.61. The Morgan fingerprint density at radius 2 is 1.93 bits per heavy atom. The number of phenols is 1. The molecule has 1 saturated carbocycles. The third-order valence-electron chi connectivity index (χ3n) is 10.3. The number of ether oxygens (including phenoxy) is 1. The minimum atomic E-state index is -0.268. The van der Waals surface area contributed by atoms with E-state index in [1.807, 2.05) is 27.8 Å². The van der Waals surface area contributed by atoms with Crippen molar-refractivity contribution in [1.29, 1.82) is 0 Å². The third-order valence-corrected chi connectivity index (χ3v) is 13.6. The van der Waals surface area contributed by atoms with Gasteiger partial charge in [0.1, 0.15) is 23.3 Å². The van der Waals surface area contributed by atoms with E-state index in [-0.39, 0.29) is 51.6 Å². The molecule has 2 aliphatic heterocycles. The molecule has 0 amide bonds. The van der Waals surface area contributed by atoms with Crippen molar-refractivity contribution >= 4 is 45.0 Å². The zero-order valence-electron chi connectivity index (χ0n) is 26.7. The molecule has 1 aromatic carbocycles. The number of aromatic hydroxyl groups is 1. The number of hydrogen-bond donors (Lipinski definition) is 4. The van der Waals surface area contributed by atoms with Crippen molar-refractivity contribution in [3.8, 4) is 11.5 Å². The minimum absolute atomic E-state index is 0.0234. The number of anilines is 1. The summed E-state index contributed by atoms with van der Waals surface area (Å²) >= 11 is 0. The number of nitrogens with one attached hydrogen (secondary N) is 2. The molecule has 4 bridgehead atoms. The van der Waals surface area contributed by atoms with Gasteiger partial charge >= 0.3 is 0 Å². The van der Waals surface area contributed by atoms with Gasteiger partial charge in [0, 0.05) is 42.2 Å². The number of phenolic OH excluding ortho intramolecular Hbond substituents is 1. The first kappa shape index (κ1) is 32.7. The van der Waals surface area contributed by atoms with Gasteiger partial charge in [0.05, 0.1) is 25.0 Å². The monoisotopic (exact) mass is 661 g/mol. The maximum absolute atomic E-state index is 13.0. The summed E-state index contributed by atoms with van der Waals surface area (Å²) in [6, 6.07) is 5.72. The molecule has 1 unspecified atom stereocenters. The Hall–Kier alpha value is -3.21. The Balaban J connectivity index is 1.57. The largest absolute Gasteiger partial charge is 0.504 e.